The van der Waals surface area contributed by atoms with Gasteiger partial charge >= 0.3 is 6.03 Å². The normalized spacial score (nSPS) is 22.3. The van der Waals surface area contributed by atoms with E-state index in [0.717, 1.165) is 5.56 Å². The van der Waals surface area contributed by atoms with Crippen LogP contribution in [0.3, 0.4) is 0 Å². The Kier molecular flexibility index (Phi) is 4.57. The number of urea groups is 1. The Hall–Kier alpha value is -2.70. The van der Waals surface area contributed by atoms with Crippen LogP contribution >= 0.6 is 0 Å². The van der Waals surface area contributed by atoms with Crippen LogP contribution in [0.1, 0.15) is 31.7 Å². The molecule has 1 aromatic carbocycles. The Labute approximate surface area is 145 Å². The third-order valence-electron chi connectivity index (χ3n) is 5.21. The van der Waals surface area contributed by atoms with E-state index < -0.39 is 23.4 Å². The maximum absolute atomic E-state index is 12.4. The molecule has 0 unspecified atom stereocenters. The highest BCUT2D eigenvalue weighted by Crippen LogP contribution is 2.36. The second-order valence-corrected chi connectivity index (χ2v) is 6.60. The van der Waals surface area contributed by atoms with Gasteiger partial charge < -0.3 is 10.2 Å². The van der Waals surface area contributed by atoms with E-state index in [2.05, 4.69) is 10.6 Å². The number of carbonyl (C=O) groups is 4. The highest BCUT2D eigenvalue weighted by atomic mass is 16.2. The predicted octanol–water partition coefficient (Wildman–Crippen LogP) is 0.734. The molecule has 0 spiro atoms. The number of likely N-dealkylation sites (tertiary alicyclic amines) is 1. The molecule has 2 aliphatic rings. The molecule has 2 N–H and O–H groups in total. The van der Waals surface area contributed by atoms with E-state index in [1.54, 1.807) is 11.8 Å². The number of nitrogens with zero attached hydrogens (tertiary/aromatic N) is 1. The summed E-state index contributed by atoms with van der Waals surface area (Å²) in [5.74, 6) is -0.557. The molecule has 0 bridgehead atoms. The lowest BCUT2D eigenvalue weighted by atomic mass is 9.70. The first-order valence-corrected chi connectivity index (χ1v) is 8.38. The Balaban J connectivity index is 1.66. The standard InChI is InChI=1S/C18H21N3O4/c1-12(22)18(13-5-3-2-4-6-13)7-9-21(10-8-18)15(23)11-14-16(24)20-17(25)19-14/h2-6,14H,7-11H2,1H3,(H2,19,20,24,25)/t14-/m0/s1. The zero-order valence-corrected chi connectivity index (χ0v) is 14.1. The van der Waals surface area contributed by atoms with Gasteiger partial charge in [0.2, 0.25) is 5.91 Å². The zero-order valence-electron chi connectivity index (χ0n) is 14.1. The van der Waals surface area contributed by atoms with Gasteiger partial charge in [-0.2, -0.15) is 0 Å². The molecule has 132 valence electrons. The van der Waals surface area contributed by atoms with Gasteiger partial charge in [0, 0.05) is 13.1 Å². The Bertz CT molecular complexity index is 708. The quantitative estimate of drug-likeness (QED) is 0.788. The van der Waals surface area contributed by atoms with Crippen LogP contribution in [0, 0.1) is 0 Å². The summed E-state index contributed by atoms with van der Waals surface area (Å²) < 4.78 is 0. The molecule has 0 aromatic heterocycles. The molecule has 2 aliphatic heterocycles. The average molecular weight is 343 g/mol. The number of amides is 4. The van der Waals surface area contributed by atoms with Gasteiger partial charge in [0.05, 0.1) is 11.8 Å². The van der Waals surface area contributed by atoms with Crippen LogP contribution in [0.5, 0.6) is 0 Å². The summed E-state index contributed by atoms with van der Waals surface area (Å²) in [7, 11) is 0. The fraction of sp³-hybridized carbons (Fsp3) is 0.444. The fourth-order valence-electron chi connectivity index (χ4n) is 3.65. The largest absolute Gasteiger partial charge is 0.343 e. The van der Waals surface area contributed by atoms with E-state index >= 15 is 0 Å². The second-order valence-electron chi connectivity index (χ2n) is 6.60. The molecule has 2 heterocycles. The van der Waals surface area contributed by atoms with Gasteiger partial charge in [0.15, 0.2) is 0 Å². The van der Waals surface area contributed by atoms with Gasteiger partial charge in [-0.15, -0.1) is 0 Å². The summed E-state index contributed by atoms with van der Waals surface area (Å²) in [6, 6.07) is 8.28. The number of Topliss-reactive ketones (excluding diaryl/α,β-unsaturated/α-hetero) is 1. The lowest BCUT2D eigenvalue weighted by molar-refractivity contribution is -0.137. The monoisotopic (exact) mass is 343 g/mol. The van der Waals surface area contributed by atoms with Gasteiger partial charge in [-0.05, 0) is 25.3 Å². The summed E-state index contributed by atoms with van der Waals surface area (Å²) in [6.45, 7) is 2.51. The Morgan fingerprint density at radius 3 is 2.32 bits per heavy atom. The predicted molar refractivity (Wildman–Crippen MR) is 89.7 cm³/mol. The van der Waals surface area contributed by atoms with Gasteiger partial charge in [0.1, 0.15) is 11.8 Å². The molecule has 0 saturated carbocycles. The van der Waals surface area contributed by atoms with E-state index in [-0.39, 0.29) is 18.1 Å². The number of piperidine rings is 1. The average Bonchev–Trinajstić information content (AvgIpc) is 2.92. The minimum absolute atomic E-state index is 0.0595. The van der Waals surface area contributed by atoms with Crippen molar-refractivity contribution < 1.29 is 19.2 Å². The molecule has 7 heteroatoms. The Morgan fingerprint density at radius 2 is 1.80 bits per heavy atom. The van der Waals surface area contributed by atoms with Crippen molar-refractivity contribution in [1.82, 2.24) is 15.5 Å². The molecule has 4 amide bonds. The summed E-state index contributed by atoms with van der Waals surface area (Å²) in [4.78, 5) is 49.2. The number of hydrogen-bond acceptors (Lipinski definition) is 4. The van der Waals surface area contributed by atoms with Crippen LogP contribution in [-0.2, 0) is 19.8 Å². The molecule has 3 rings (SSSR count). The van der Waals surface area contributed by atoms with E-state index in [4.69, 9.17) is 0 Å². The van der Waals surface area contributed by atoms with E-state index in [0.29, 0.717) is 25.9 Å². The highest BCUT2D eigenvalue weighted by Gasteiger charge is 2.42. The lowest BCUT2D eigenvalue weighted by Crippen LogP contribution is -2.49. The van der Waals surface area contributed by atoms with Crippen molar-refractivity contribution in [3.8, 4) is 0 Å². The molecule has 1 atom stereocenters. The summed E-state index contributed by atoms with van der Waals surface area (Å²) in [5.41, 5.74) is 0.425. The number of carbonyl (C=O) groups excluding carboxylic acids is 4. The molecule has 25 heavy (non-hydrogen) atoms. The number of ketones is 1. The molecule has 0 aliphatic carbocycles. The molecule has 2 saturated heterocycles. The van der Waals surface area contributed by atoms with Gasteiger partial charge in [0.25, 0.3) is 5.91 Å². The number of nitrogens with one attached hydrogen (secondary N) is 2. The summed E-state index contributed by atoms with van der Waals surface area (Å²) in [6.07, 6.45) is 1.05. The molecular formula is C18H21N3O4. The zero-order chi connectivity index (χ0) is 18.0. The first kappa shape index (κ1) is 17.1. The van der Waals surface area contributed by atoms with E-state index in [1.165, 1.54) is 0 Å². The van der Waals surface area contributed by atoms with E-state index in [9.17, 15) is 19.2 Å². The number of hydrogen-bond donors (Lipinski definition) is 2. The van der Waals surface area contributed by atoms with Gasteiger partial charge in [-0.1, -0.05) is 30.3 Å². The van der Waals surface area contributed by atoms with Crippen molar-refractivity contribution in [2.45, 2.75) is 37.6 Å². The maximum atomic E-state index is 12.4. The van der Waals surface area contributed by atoms with E-state index in [1.807, 2.05) is 30.3 Å². The summed E-state index contributed by atoms with van der Waals surface area (Å²) >= 11 is 0. The van der Waals surface area contributed by atoms with Gasteiger partial charge in [-0.25, -0.2) is 4.79 Å². The topological polar surface area (TPSA) is 95.6 Å². The van der Waals surface area contributed by atoms with Crippen molar-refractivity contribution in [2.75, 3.05) is 13.1 Å². The molecule has 0 radical (unpaired) electrons. The summed E-state index contributed by atoms with van der Waals surface area (Å²) in [5, 5.41) is 4.55. The van der Waals surface area contributed by atoms with Crippen LogP contribution < -0.4 is 10.6 Å². The van der Waals surface area contributed by atoms with Crippen molar-refractivity contribution in [3.05, 3.63) is 35.9 Å². The molecule has 2 fully saturated rings. The van der Waals surface area contributed by atoms with Crippen molar-refractivity contribution in [1.29, 1.82) is 0 Å². The first-order valence-electron chi connectivity index (χ1n) is 8.38. The lowest BCUT2D eigenvalue weighted by Gasteiger charge is -2.40. The molecule has 7 nitrogen and oxygen atoms in total. The maximum Gasteiger partial charge on any atom is 0.322 e. The highest BCUT2D eigenvalue weighted by molar-refractivity contribution is 6.05. The second kappa shape index (κ2) is 6.66. The third-order valence-corrected chi connectivity index (χ3v) is 5.21. The fourth-order valence-corrected chi connectivity index (χ4v) is 3.65. The van der Waals surface area contributed by atoms with Crippen molar-refractivity contribution in [3.63, 3.8) is 0 Å². The number of imide groups is 1. The van der Waals surface area contributed by atoms with Crippen LogP contribution in [0.25, 0.3) is 0 Å². The van der Waals surface area contributed by atoms with Crippen molar-refractivity contribution in [2.24, 2.45) is 0 Å². The minimum Gasteiger partial charge on any atom is -0.343 e. The molecular weight excluding hydrogens is 322 g/mol. The van der Waals surface area contributed by atoms with Crippen LogP contribution in [-0.4, -0.2) is 47.7 Å². The number of rotatable bonds is 4. The van der Waals surface area contributed by atoms with Crippen LogP contribution in [0.2, 0.25) is 0 Å². The van der Waals surface area contributed by atoms with Crippen molar-refractivity contribution >= 4 is 23.6 Å². The van der Waals surface area contributed by atoms with Crippen LogP contribution in [0.15, 0.2) is 30.3 Å². The number of benzene rings is 1. The Morgan fingerprint density at radius 1 is 1.16 bits per heavy atom. The minimum atomic E-state index is -0.811. The smallest absolute Gasteiger partial charge is 0.322 e. The molecule has 1 aromatic rings. The first-order chi connectivity index (χ1) is 11.9. The van der Waals surface area contributed by atoms with Crippen LogP contribution in [0.4, 0.5) is 4.79 Å². The SMILES string of the molecule is CC(=O)C1(c2ccccc2)CCN(C(=O)C[C@@H]2NC(=O)NC2=O)CC1. The van der Waals surface area contributed by atoms with Gasteiger partial charge in [-0.3, -0.25) is 19.7 Å². The third kappa shape index (κ3) is 3.26.